The summed E-state index contributed by atoms with van der Waals surface area (Å²) >= 11 is 17.8. The quantitative estimate of drug-likeness (QED) is 0.323. The van der Waals surface area contributed by atoms with Crippen LogP contribution < -0.4 is 0 Å². The third-order valence-corrected chi connectivity index (χ3v) is 8.04. The number of hydrogen-bond donors (Lipinski definition) is 0. The lowest BCUT2D eigenvalue weighted by atomic mass is 9.87. The average molecular weight is 587 g/mol. The van der Waals surface area contributed by atoms with Crippen molar-refractivity contribution in [1.29, 1.82) is 0 Å². The molecular formula is C23H18Cl3F4NO4S. The van der Waals surface area contributed by atoms with E-state index in [0.717, 1.165) is 23.3 Å². The number of carbonyl (C=O) groups excluding carboxylic acids is 1. The van der Waals surface area contributed by atoms with Gasteiger partial charge in [0, 0.05) is 23.8 Å². The number of sulfone groups is 1. The first-order valence-electron chi connectivity index (χ1n) is 10.4. The van der Waals surface area contributed by atoms with Gasteiger partial charge in [-0.3, -0.25) is 4.79 Å². The second kappa shape index (κ2) is 9.08. The highest BCUT2D eigenvalue weighted by Gasteiger charge is 2.60. The van der Waals surface area contributed by atoms with Crippen molar-refractivity contribution >= 4 is 56.3 Å². The maximum Gasteiger partial charge on any atom is 0.432 e. The lowest BCUT2D eigenvalue weighted by Gasteiger charge is -2.44. The molecule has 5 nitrogen and oxygen atoms in total. The van der Waals surface area contributed by atoms with Gasteiger partial charge in [-0.1, -0.05) is 59.1 Å². The fourth-order valence-corrected chi connectivity index (χ4v) is 5.38. The number of nitrogens with zero attached hydrogens (tertiary/aromatic N) is 1. The van der Waals surface area contributed by atoms with Gasteiger partial charge in [0.05, 0.1) is 28.2 Å². The molecule has 194 valence electrons. The van der Waals surface area contributed by atoms with E-state index in [1.54, 1.807) is 0 Å². The molecule has 1 amide bonds. The van der Waals surface area contributed by atoms with Crippen LogP contribution in [0.2, 0.25) is 15.1 Å². The Hall–Kier alpha value is -2.01. The number of carbonyl (C=O) groups is 1. The Morgan fingerprint density at radius 2 is 1.61 bits per heavy atom. The van der Waals surface area contributed by atoms with Crippen LogP contribution in [0, 0.1) is 0 Å². The van der Waals surface area contributed by atoms with Gasteiger partial charge < -0.3 is 9.64 Å². The topological polar surface area (TPSA) is 63.7 Å². The highest BCUT2D eigenvalue weighted by atomic mass is 35.5. The van der Waals surface area contributed by atoms with E-state index >= 15 is 4.39 Å². The molecule has 1 fully saturated rings. The van der Waals surface area contributed by atoms with Gasteiger partial charge in [-0.05, 0) is 23.8 Å². The summed E-state index contributed by atoms with van der Waals surface area (Å²) in [4.78, 5) is 13.0. The molecule has 0 saturated carbocycles. The van der Waals surface area contributed by atoms with Gasteiger partial charge in [-0.15, -0.1) is 0 Å². The Bertz CT molecular complexity index is 1330. The number of likely N-dealkylation sites (tertiary alicyclic amines) is 1. The van der Waals surface area contributed by atoms with Crippen molar-refractivity contribution in [3.05, 3.63) is 74.2 Å². The maximum atomic E-state index is 15.2. The van der Waals surface area contributed by atoms with Crippen molar-refractivity contribution in [2.75, 3.05) is 25.1 Å². The Kier molecular flexibility index (Phi) is 6.82. The van der Waals surface area contributed by atoms with Gasteiger partial charge in [0.15, 0.2) is 15.5 Å². The summed E-state index contributed by atoms with van der Waals surface area (Å²) in [6.45, 7) is -0.648. The van der Waals surface area contributed by atoms with Gasteiger partial charge in [0.2, 0.25) is 11.5 Å². The molecule has 0 aromatic heterocycles. The van der Waals surface area contributed by atoms with Crippen LogP contribution in [0.15, 0.2) is 42.5 Å². The van der Waals surface area contributed by atoms with Gasteiger partial charge in [0.1, 0.15) is 11.5 Å². The number of amides is 1. The minimum absolute atomic E-state index is 0.0625. The van der Waals surface area contributed by atoms with Crippen LogP contribution >= 0.6 is 34.8 Å². The molecule has 0 radical (unpaired) electrons. The highest BCUT2D eigenvalue weighted by molar-refractivity contribution is 7.91. The largest absolute Gasteiger partial charge is 0.472 e. The van der Waals surface area contributed by atoms with Crippen LogP contribution in [-0.2, 0) is 30.6 Å². The second-order valence-electron chi connectivity index (χ2n) is 8.82. The Balaban J connectivity index is 1.52. The summed E-state index contributed by atoms with van der Waals surface area (Å²) in [5, 5.41) is -0.377. The van der Waals surface area contributed by atoms with Crippen molar-refractivity contribution < 1.29 is 35.5 Å². The van der Waals surface area contributed by atoms with E-state index < -0.39 is 45.4 Å². The fraction of sp³-hybridized carbons (Fsp3) is 0.348. The van der Waals surface area contributed by atoms with E-state index in [0.29, 0.717) is 0 Å². The first-order chi connectivity index (χ1) is 16.5. The molecule has 36 heavy (non-hydrogen) atoms. The summed E-state index contributed by atoms with van der Waals surface area (Å²) < 4.78 is 86.0. The minimum atomic E-state index is -4.83. The highest BCUT2D eigenvalue weighted by Crippen LogP contribution is 2.53. The molecule has 2 aromatic carbocycles. The van der Waals surface area contributed by atoms with E-state index in [1.807, 2.05) is 0 Å². The lowest BCUT2D eigenvalue weighted by Crippen LogP contribution is -2.59. The average Bonchev–Trinajstić information content (AvgIpc) is 3.21. The van der Waals surface area contributed by atoms with E-state index in [2.05, 4.69) is 0 Å². The number of halogens is 7. The standard InChI is InChI=1S/C23H18Cl3F4NO4S/c1-36(33,34)10-19(32)31-11-21(27,12-31)14-4-2-13(3-5-14)18-6-7-22(35-18,23(28,29)30)15-8-16(24)20(26)17(25)9-15/h2-6,8-9H,7,10-12H2,1H3. The zero-order valence-electron chi connectivity index (χ0n) is 18.5. The van der Waals surface area contributed by atoms with E-state index in [-0.39, 0.29) is 50.6 Å². The molecule has 2 aliphatic rings. The summed E-state index contributed by atoms with van der Waals surface area (Å²) in [6, 6.07) is 7.73. The van der Waals surface area contributed by atoms with Crippen LogP contribution in [0.1, 0.15) is 23.1 Å². The molecule has 1 saturated heterocycles. The molecule has 13 heteroatoms. The molecule has 0 N–H and O–H groups in total. The third-order valence-electron chi connectivity index (χ3n) is 6.08. The van der Waals surface area contributed by atoms with Gasteiger partial charge in [-0.2, -0.15) is 13.2 Å². The van der Waals surface area contributed by atoms with Crippen LogP contribution in [0.25, 0.3) is 5.76 Å². The summed E-state index contributed by atoms with van der Waals surface area (Å²) in [5.74, 6) is -1.47. The molecule has 1 unspecified atom stereocenters. The number of ether oxygens (including phenoxy) is 1. The van der Waals surface area contributed by atoms with Crippen LogP contribution in [0.4, 0.5) is 17.6 Å². The normalized spacial score (nSPS) is 21.6. The monoisotopic (exact) mass is 585 g/mol. The van der Waals surface area contributed by atoms with Crippen molar-refractivity contribution in [3.8, 4) is 0 Å². The first-order valence-corrected chi connectivity index (χ1v) is 13.6. The van der Waals surface area contributed by atoms with E-state index in [9.17, 15) is 26.4 Å². The molecule has 0 aliphatic carbocycles. The van der Waals surface area contributed by atoms with Crippen molar-refractivity contribution in [3.63, 3.8) is 0 Å². The molecular weight excluding hydrogens is 569 g/mol. The third kappa shape index (κ3) is 4.92. The lowest BCUT2D eigenvalue weighted by molar-refractivity contribution is -0.257. The van der Waals surface area contributed by atoms with E-state index in [1.165, 1.54) is 30.3 Å². The van der Waals surface area contributed by atoms with Gasteiger partial charge in [-0.25, -0.2) is 12.8 Å². The van der Waals surface area contributed by atoms with E-state index in [4.69, 9.17) is 39.5 Å². The van der Waals surface area contributed by atoms with Gasteiger partial charge in [0.25, 0.3) is 0 Å². The van der Waals surface area contributed by atoms with Crippen molar-refractivity contribution in [2.45, 2.75) is 23.9 Å². The van der Waals surface area contributed by atoms with Crippen LogP contribution in [0.3, 0.4) is 0 Å². The first kappa shape index (κ1) is 27.0. The van der Waals surface area contributed by atoms with Gasteiger partial charge >= 0.3 is 6.18 Å². The Morgan fingerprint density at radius 3 is 2.11 bits per heavy atom. The predicted octanol–water partition coefficient (Wildman–Crippen LogP) is 5.92. The zero-order valence-corrected chi connectivity index (χ0v) is 21.6. The summed E-state index contributed by atoms with van der Waals surface area (Å²) in [5.41, 5.74) is -4.47. The van der Waals surface area contributed by atoms with Crippen molar-refractivity contribution in [1.82, 2.24) is 4.90 Å². The second-order valence-corrected chi connectivity index (χ2v) is 12.1. The molecule has 0 bridgehead atoms. The minimum Gasteiger partial charge on any atom is -0.472 e. The predicted molar refractivity (Wildman–Crippen MR) is 128 cm³/mol. The number of alkyl halides is 4. The number of hydrogen-bond acceptors (Lipinski definition) is 4. The maximum absolute atomic E-state index is 15.2. The van der Waals surface area contributed by atoms with Crippen molar-refractivity contribution in [2.24, 2.45) is 0 Å². The SMILES string of the molecule is CS(=O)(=O)CC(=O)N1CC(F)(c2ccc(C3=CCC(c4cc(Cl)c(Cl)c(Cl)c4)(C(F)(F)F)O3)cc2)C1. The zero-order chi connectivity index (χ0) is 26.7. The molecule has 1 atom stereocenters. The fourth-order valence-electron chi connectivity index (χ4n) is 4.15. The molecule has 2 aromatic rings. The summed E-state index contributed by atoms with van der Waals surface area (Å²) in [7, 11) is -3.54. The molecule has 4 rings (SSSR count). The molecule has 2 heterocycles. The Morgan fingerprint density at radius 1 is 1.06 bits per heavy atom. The van der Waals surface area contributed by atoms with Crippen LogP contribution in [0.5, 0.6) is 0 Å². The number of rotatable bonds is 5. The van der Waals surface area contributed by atoms with Crippen LogP contribution in [-0.4, -0.2) is 50.5 Å². The molecule has 2 aliphatic heterocycles. The Labute approximate surface area is 219 Å². The molecule has 0 spiro atoms. The summed E-state index contributed by atoms with van der Waals surface area (Å²) in [6.07, 6.45) is -3.19. The smallest absolute Gasteiger partial charge is 0.432 e. The number of benzene rings is 2.